The van der Waals surface area contributed by atoms with Gasteiger partial charge in [-0.2, -0.15) is 0 Å². The van der Waals surface area contributed by atoms with Crippen molar-refractivity contribution in [3.8, 4) is 0 Å². The number of thiophene rings is 1. The summed E-state index contributed by atoms with van der Waals surface area (Å²) in [6.07, 6.45) is 0.106. The highest BCUT2D eigenvalue weighted by molar-refractivity contribution is 9.11. The summed E-state index contributed by atoms with van der Waals surface area (Å²) < 4.78 is 5.84. The highest BCUT2D eigenvalue weighted by Gasteiger charge is 2.25. The second-order valence-electron chi connectivity index (χ2n) is 4.72. The van der Waals surface area contributed by atoms with Crippen LogP contribution in [0.2, 0.25) is 0 Å². The lowest BCUT2D eigenvalue weighted by Gasteiger charge is -2.19. The molecule has 2 atom stereocenters. The van der Waals surface area contributed by atoms with E-state index in [1.807, 2.05) is 6.92 Å². The van der Waals surface area contributed by atoms with Crippen molar-refractivity contribution in [3.05, 3.63) is 20.8 Å². The van der Waals surface area contributed by atoms with E-state index in [0.29, 0.717) is 15.8 Å². The van der Waals surface area contributed by atoms with Crippen molar-refractivity contribution in [2.24, 2.45) is 0 Å². The summed E-state index contributed by atoms with van der Waals surface area (Å²) in [4.78, 5) is 34.9. The number of aliphatic carboxylic acids is 1. The Bertz CT molecular complexity index is 545. The lowest BCUT2D eigenvalue weighted by atomic mass is 10.1. The first kappa shape index (κ1) is 18.6. The van der Waals surface area contributed by atoms with Gasteiger partial charge < -0.3 is 15.2 Å². The molecule has 1 rings (SSSR count). The lowest BCUT2D eigenvalue weighted by Crippen LogP contribution is -2.43. The largest absolute Gasteiger partial charge is 0.481 e. The van der Waals surface area contributed by atoms with Gasteiger partial charge in [0, 0.05) is 6.42 Å². The zero-order valence-electron chi connectivity index (χ0n) is 12.3. The molecule has 1 aromatic heterocycles. The fraction of sp³-hybridized carbons (Fsp3) is 0.500. The molecule has 0 saturated heterocycles. The molecular formula is C14H18BrNO5S. The van der Waals surface area contributed by atoms with Crippen LogP contribution in [0.5, 0.6) is 0 Å². The predicted octanol–water partition coefficient (Wildman–Crippen LogP) is 2.82. The van der Waals surface area contributed by atoms with Gasteiger partial charge in [-0.3, -0.25) is 9.59 Å². The number of rotatable bonds is 8. The molecule has 0 fully saturated rings. The first-order valence-electron chi connectivity index (χ1n) is 6.81. The van der Waals surface area contributed by atoms with E-state index < -0.39 is 23.9 Å². The van der Waals surface area contributed by atoms with Crippen molar-refractivity contribution in [1.29, 1.82) is 0 Å². The number of amides is 1. The molecule has 122 valence electrons. The van der Waals surface area contributed by atoms with Gasteiger partial charge in [-0.15, -0.1) is 11.3 Å². The van der Waals surface area contributed by atoms with Crippen LogP contribution in [0, 0.1) is 0 Å². The van der Waals surface area contributed by atoms with E-state index in [4.69, 9.17) is 9.84 Å². The predicted molar refractivity (Wildman–Crippen MR) is 86.0 cm³/mol. The van der Waals surface area contributed by atoms with Crippen LogP contribution < -0.4 is 5.32 Å². The Kier molecular flexibility index (Phi) is 7.53. The summed E-state index contributed by atoms with van der Waals surface area (Å²) in [5, 5.41) is 13.0. The maximum absolute atomic E-state index is 12.2. The van der Waals surface area contributed by atoms with E-state index in [-0.39, 0.29) is 18.9 Å². The fourth-order valence-corrected chi connectivity index (χ4v) is 2.82. The molecule has 0 saturated carbocycles. The number of carbonyl (C=O) groups excluding carboxylic acids is 2. The summed E-state index contributed by atoms with van der Waals surface area (Å²) in [7, 11) is 0. The average molecular weight is 392 g/mol. The number of halogens is 1. The fourth-order valence-electron chi connectivity index (χ4n) is 1.57. The second kappa shape index (κ2) is 8.89. The Balaban J connectivity index is 2.76. The third-order valence-electron chi connectivity index (χ3n) is 2.99. The molecule has 1 heterocycles. The SMILES string of the molecule is CCC(C)OC(=O)C(CCC(=O)O)NC(=O)c1ccsc1Br. The van der Waals surface area contributed by atoms with Crippen LogP contribution in [0.1, 0.15) is 43.5 Å². The highest BCUT2D eigenvalue weighted by Crippen LogP contribution is 2.23. The first-order valence-corrected chi connectivity index (χ1v) is 8.48. The van der Waals surface area contributed by atoms with Gasteiger partial charge in [-0.1, -0.05) is 6.92 Å². The van der Waals surface area contributed by atoms with Crippen molar-refractivity contribution in [2.75, 3.05) is 0 Å². The van der Waals surface area contributed by atoms with Gasteiger partial charge in [0.05, 0.1) is 15.5 Å². The minimum Gasteiger partial charge on any atom is -0.481 e. The first-order chi connectivity index (χ1) is 10.3. The Morgan fingerprint density at radius 3 is 2.64 bits per heavy atom. The maximum atomic E-state index is 12.2. The third kappa shape index (κ3) is 5.76. The number of hydrogen-bond donors (Lipinski definition) is 2. The zero-order valence-corrected chi connectivity index (χ0v) is 14.7. The van der Waals surface area contributed by atoms with Crippen LogP contribution in [0.15, 0.2) is 15.2 Å². The molecule has 0 aliphatic rings. The van der Waals surface area contributed by atoms with Crippen LogP contribution in [0.3, 0.4) is 0 Å². The highest BCUT2D eigenvalue weighted by atomic mass is 79.9. The number of nitrogens with one attached hydrogen (secondary N) is 1. The minimum atomic E-state index is -1.03. The summed E-state index contributed by atoms with van der Waals surface area (Å²) in [5.74, 6) is -2.09. The van der Waals surface area contributed by atoms with Crippen LogP contribution >= 0.6 is 27.3 Å². The van der Waals surface area contributed by atoms with Crippen molar-refractivity contribution in [2.45, 2.75) is 45.3 Å². The number of carbonyl (C=O) groups is 3. The maximum Gasteiger partial charge on any atom is 0.328 e. The van der Waals surface area contributed by atoms with E-state index >= 15 is 0 Å². The lowest BCUT2D eigenvalue weighted by molar-refractivity contribution is -0.151. The molecule has 0 aliphatic heterocycles. The van der Waals surface area contributed by atoms with Crippen LogP contribution in [-0.2, 0) is 14.3 Å². The molecule has 0 spiro atoms. The van der Waals surface area contributed by atoms with Crippen molar-refractivity contribution in [3.63, 3.8) is 0 Å². The summed E-state index contributed by atoms with van der Waals surface area (Å²) in [6.45, 7) is 3.61. The molecular weight excluding hydrogens is 374 g/mol. The Morgan fingerprint density at radius 2 is 2.14 bits per heavy atom. The quantitative estimate of drug-likeness (QED) is 0.664. The number of hydrogen-bond acceptors (Lipinski definition) is 5. The van der Waals surface area contributed by atoms with Crippen LogP contribution in [0.4, 0.5) is 0 Å². The van der Waals surface area contributed by atoms with Crippen molar-refractivity contribution in [1.82, 2.24) is 5.32 Å². The van der Waals surface area contributed by atoms with E-state index in [1.54, 1.807) is 18.4 Å². The Hall–Kier alpha value is -1.41. The minimum absolute atomic E-state index is 0.0158. The molecule has 2 unspecified atom stereocenters. The van der Waals surface area contributed by atoms with Gasteiger partial charge in [-0.25, -0.2) is 4.79 Å². The molecule has 0 aliphatic carbocycles. The van der Waals surface area contributed by atoms with Gasteiger partial charge in [0.2, 0.25) is 0 Å². The smallest absolute Gasteiger partial charge is 0.328 e. The topological polar surface area (TPSA) is 92.7 Å². The van der Waals surface area contributed by atoms with E-state index in [1.165, 1.54) is 11.3 Å². The molecule has 1 aromatic rings. The summed E-state index contributed by atoms with van der Waals surface area (Å²) >= 11 is 4.60. The normalized spacial score (nSPS) is 13.2. The Morgan fingerprint density at radius 1 is 1.45 bits per heavy atom. The number of carboxylic acids is 1. The molecule has 0 aromatic carbocycles. The Labute approximate surface area is 141 Å². The van der Waals surface area contributed by atoms with Gasteiger partial charge in [-0.05, 0) is 47.1 Å². The van der Waals surface area contributed by atoms with Crippen LogP contribution in [-0.4, -0.2) is 35.1 Å². The standard InChI is InChI=1S/C14H18BrNO5S/c1-3-8(2)21-14(20)10(4-5-11(17)18)16-13(19)9-6-7-22-12(9)15/h6-8,10H,3-5H2,1-2H3,(H,16,19)(H,17,18). The number of carboxylic acid groups (broad SMARTS) is 1. The van der Waals surface area contributed by atoms with Crippen molar-refractivity contribution < 1.29 is 24.2 Å². The molecule has 6 nitrogen and oxygen atoms in total. The molecule has 22 heavy (non-hydrogen) atoms. The molecule has 8 heteroatoms. The molecule has 2 N–H and O–H groups in total. The molecule has 1 amide bonds. The molecule has 0 radical (unpaired) electrons. The molecule has 0 bridgehead atoms. The van der Waals surface area contributed by atoms with Crippen molar-refractivity contribution >= 4 is 45.1 Å². The second-order valence-corrected chi connectivity index (χ2v) is 6.96. The number of ether oxygens (including phenoxy) is 1. The van der Waals surface area contributed by atoms with Gasteiger partial charge >= 0.3 is 11.9 Å². The van der Waals surface area contributed by atoms with E-state index in [2.05, 4.69) is 21.2 Å². The number of esters is 1. The zero-order chi connectivity index (χ0) is 16.7. The van der Waals surface area contributed by atoms with E-state index in [9.17, 15) is 14.4 Å². The third-order valence-corrected chi connectivity index (χ3v) is 4.68. The van der Waals surface area contributed by atoms with E-state index in [0.717, 1.165) is 0 Å². The van der Waals surface area contributed by atoms with Gasteiger partial charge in [0.1, 0.15) is 6.04 Å². The summed E-state index contributed by atoms with van der Waals surface area (Å²) in [6, 6.07) is 0.641. The average Bonchev–Trinajstić information content (AvgIpc) is 2.88. The monoisotopic (exact) mass is 391 g/mol. The van der Waals surface area contributed by atoms with Gasteiger partial charge in [0.15, 0.2) is 0 Å². The van der Waals surface area contributed by atoms with Gasteiger partial charge in [0.25, 0.3) is 5.91 Å². The van der Waals surface area contributed by atoms with Crippen LogP contribution in [0.25, 0.3) is 0 Å². The summed E-state index contributed by atoms with van der Waals surface area (Å²) in [5.41, 5.74) is 0.404.